The smallest absolute Gasteiger partial charge is 0.130 e. The zero-order chi connectivity index (χ0) is 26.9. The van der Waals surface area contributed by atoms with Gasteiger partial charge in [-0.2, -0.15) is 0 Å². The lowest BCUT2D eigenvalue weighted by atomic mass is 9.84. The highest BCUT2D eigenvalue weighted by Gasteiger charge is 2.38. The Balaban J connectivity index is 1.67. The molecule has 0 aliphatic heterocycles. The van der Waals surface area contributed by atoms with E-state index in [2.05, 4.69) is 128 Å². The SMILES string of the molecule is CCN(CC)CCOc1cccc(SC(c2ccccc2)(c2ccccc2)c2ccccc2)c1-c1nccs1. The fourth-order valence-corrected chi connectivity index (χ4v) is 7.26. The molecule has 0 N–H and O–H groups in total. The summed E-state index contributed by atoms with van der Waals surface area (Å²) in [5, 5.41) is 3.01. The maximum absolute atomic E-state index is 6.48. The van der Waals surface area contributed by atoms with Crippen LogP contribution in [0.5, 0.6) is 5.75 Å². The molecule has 0 bridgehead atoms. The van der Waals surface area contributed by atoms with E-state index in [1.807, 2.05) is 23.3 Å². The lowest BCUT2D eigenvalue weighted by Gasteiger charge is -2.36. The molecule has 0 saturated carbocycles. The molecule has 5 heteroatoms. The summed E-state index contributed by atoms with van der Waals surface area (Å²) in [6, 6.07) is 38.9. The van der Waals surface area contributed by atoms with E-state index in [0.29, 0.717) is 6.61 Å². The molecule has 0 atom stereocenters. The lowest BCUT2D eigenvalue weighted by Crippen LogP contribution is -2.28. The fraction of sp³-hybridized carbons (Fsp3) is 0.206. The molecule has 198 valence electrons. The van der Waals surface area contributed by atoms with Crippen molar-refractivity contribution in [1.82, 2.24) is 9.88 Å². The van der Waals surface area contributed by atoms with Gasteiger partial charge in [0, 0.05) is 23.0 Å². The van der Waals surface area contributed by atoms with E-state index < -0.39 is 4.75 Å². The second-order valence-electron chi connectivity index (χ2n) is 9.22. The van der Waals surface area contributed by atoms with Crippen LogP contribution in [0.25, 0.3) is 10.6 Å². The topological polar surface area (TPSA) is 25.4 Å². The molecule has 1 aromatic heterocycles. The summed E-state index contributed by atoms with van der Waals surface area (Å²) in [4.78, 5) is 8.27. The van der Waals surface area contributed by atoms with E-state index in [1.54, 1.807) is 11.3 Å². The molecular formula is C34H34N2OS2. The number of thioether (sulfide) groups is 1. The number of rotatable bonds is 12. The number of nitrogens with zero attached hydrogens (tertiary/aromatic N) is 2. The van der Waals surface area contributed by atoms with E-state index in [-0.39, 0.29) is 0 Å². The van der Waals surface area contributed by atoms with Crippen LogP contribution in [0.15, 0.2) is 126 Å². The number of thiazole rings is 1. The quantitative estimate of drug-likeness (QED) is 0.115. The van der Waals surface area contributed by atoms with Crippen molar-refractivity contribution in [2.24, 2.45) is 0 Å². The summed E-state index contributed by atoms with van der Waals surface area (Å²) < 4.78 is 6.00. The molecule has 0 amide bonds. The summed E-state index contributed by atoms with van der Waals surface area (Å²) in [6.07, 6.45) is 1.87. The van der Waals surface area contributed by atoms with Crippen LogP contribution in [0.3, 0.4) is 0 Å². The van der Waals surface area contributed by atoms with Crippen LogP contribution in [0.2, 0.25) is 0 Å². The minimum Gasteiger partial charge on any atom is -0.491 e. The Kier molecular flexibility index (Phi) is 9.15. The number of hydrogen-bond acceptors (Lipinski definition) is 5. The van der Waals surface area contributed by atoms with Gasteiger partial charge in [-0.15, -0.1) is 23.1 Å². The molecule has 0 fully saturated rings. The minimum atomic E-state index is -0.477. The molecule has 0 unspecified atom stereocenters. The van der Waals surface area contributed by atoms with Crippen molar-refractivity contribution in [1.29, 1.82) is 0 Å². The number of ether oxygens (including phenoxy) is 1. The Morgan fingerprint density at radius 1 is 0.744 bits per heavy atom. The maximum atomic E-state index is 6.48. The van der Waals surface area contributed by atoms with Gasteiger partial charge in [0.1, 0.15) is 17.4 Å². The molecule has 0 saturated heterocycles. The first-order valence-corrected chi connectivity index (χ1v) is 15.2. The zero-order valence-corrected chi connectivity index (χ0v) is 24.1. The van der Waals surface area contributed by atoms with Crippen LogP contribution in [0.4, 0.5) is 0 Å². The summed E-state index contributed by atoms with van der Waals surface area (Å²) in [5.41, 5.74) is 4.74. The average Bonchev–Trinajstić information content (AvgIpc) is 3.54. The van der Waals surface area contributed by atoms with E-state index in [4.69, 9.17) is 9.72 Å². The molecule has 1 heterocycles. The van der Waals surface area contributed by atoms with Crippen LogP contribution in [0, 0.1) is 0 Å². The third kappa shape index (κ3) is 5.96. The Labute approximate surface area is 240 Å². The minimum absolute atomic E-state index is 0.477. The van der Waals surface area contributed by atoms with E-state index in [9.17, 15) is 0 Å². The number of likely N-dealkylation sites (N-methyl/N-ethyl adjacent to an activating group) is 1. The van der Waals surface area contributed by atoms with Gasteiger partial charge in [0.25, 0.3) is 0 Å². The van der Waals surface area contributed by atoms with Crippen LogP contribution in [-0.2, 0) is 4.75 Å². The molecular weight excluding hydrogens is 517 g/mol. The molecule has 4 aromatic carbocycles. The third-order valence-corrected chi connectivity index (χ3v) is 9.36. The third-order valence-electron chi connectivity index (χ3n) is 7.00. The van der Waals surface area contributed by atoms with Gasteiger partial charge in [-0.05, 0) is 41.9 Å². The number of hydrogen-bond donors (Lipinski definition) is 0. The van der Waals surface area contributed by atoms with Crippen LogP contribution >= 0.6 is 23.1 Å². The molecule has 5 rings (SSSR count). The first kappa shape index (κ1) is 27.2. The molecule has 39 heavy (non-hydrogen) atoms. The number of benzene rings is 4. The van der Waals surface area contributed by atoms with Gasteiger partial charge in [-0.1, -0.05) is 111 Å². The highest BCUT2D eigenvalue weighted by atomic mass is 32.2. The van der Waals surface area contributed by atoms with Crippen LogP contribution in [-0.4, -0.2) is 36.1 Å². The van der Waals surface area contributed by atoms with E-state index in [0.717, 1.165) is 40.9 Å². The Bertz CT molecular complexity index is 1320. The molecule has 0 aliphatic carbocycles. The second-order valence-corrected chi connectivity index (χ2v) is 11.4. The molecule has 0 radical (unpaired) electrons. The average molecular weight is 551 g/mol. The van der Waals surface area contributed by atoms with Crippen molar-refractivity contribution in [3.8, 4) is 16.3 Å². The fourth-order valence-electron chi connectivity index (χ4n) is 4.96. The van der Waals surface area contributed by atoms with E-state index >= 15 is 0 Å². The van der Waals surface area contributed by atoms with Crippen molar-refractivity contribution in [3.05, 3.63) is 137 Å². The standard InChI is InChI=1S/C34H34N2OS2/c1-3-36(4-2)24-25-37-30-21-14-22-31(32(30)33-35-23-26-38-33)39-34(27-15-8-5-9-16-27,28-17-10-6-11-18-28)29-19-12-7-13-20-29/h5-23,26H,3-4,24-25H2,1-2H3. The Morgan fingerprint density at radius 2 is 1.31 bits per heavy atom. The van der Waals surface area contributed by atoms with Gasteiger partial charge in [0.15, 0.2) is 0 Å². The monoisotopic (exact) mass is 550 g/mol. The first-order valence-electron chi connectivity index (χ1n) is 13.5. The predicted octanol–water partition coefficient (Wildman–Crippen LogP) is 8.61. The zero-order valence-electron chi connectivity index (χ0n) is 22.5. The van der Waals surface area contributed by atoms with E-state index in [1.165, 1.54) is 16.7 Å². The van der Waals surface area contributed by atoms with Crippen LogP contribution in [0.1, 0.15) is 30.5 Å². The summed E-state index contributed by atoms with van der Waals surface area (Å²) in [5.74, 6) is 0.880. The van der Waals surface area contributed by atoms with Crippen molar-refractivity contribution >= 4 is 23.1 Å². The normalized spacial score (nSPS) is 11.6. The molecule has 0 aliphatic rings. The lowest BCUT2D eigenvalue weighted by molar-refractivity contribution is 0.223. The predicted molar refractivity (Wildman–Crippen MR) is 166 cm³/mol. The van der Waals surface area contributed by atoms with Crippen molar-refractivity contribution in [3.63, 3.8) is 0 Å². The van der Waals surface area contributed by atoms with Gasteiger partial charge in [-0.25, -0.2) is 4.98 Å². The molecule has 0 spiro atoms. The largest absolute Gasteiger partial charge is 0.491 e. The van der Waals surface area contributed by atoms with Gasteiger partial charge in [-0.3, -0.25) is 0 Å². The second kappa shape index (κ2) is 13.1. The van der Waals surface area contributed by atoms with Crippen molar-refractivity contribution < 1.29 is 4.74 Å². The van der Waals surface area contributed by atoms with Crippen molar-refractivity contribution in [2.75, 3.05) is 26.2 Å². The maximum Gasteiger partial charge on any atom is 0.130 e. The molecule has 3 nitrogen and oxygen atoms in total. The highest BCUT2D eigenvalue weighted by molar-refractivity contribution is 8.00. The van der Waals surface area contributed by atoms with Crippen molar-refractivity contribution in [2.45, 2.75) is 23.5 Å². The summed E-state index contributed by atoms with van der Waals surface area (Å²) in [7, 11) is 0. The molecule has 5 aromatic rings. The summed E-state index contributed by atoms with van der Waals surface area (Å²) in [6.45, 7) is 7.95. The van der Waals surface area contributed by atoms with Gasteiger partial charge in [0.05, 0.1) is 10.3 Å². The first-order chi connectivity index (χ1) is 19.3. The highest BCUT2D eigenvalue weighted by Crippen LogP contribution is 2.54. The van der Waals surface area contributed by atoms with Crippen LogP contribution < -0.4 is 4.74 Å². The van der Waals surface area contributed by atoms with Gasteiger partial charge in [0.2, 0.25) is 0 Å². The number of aromatic nitrogens is 1. The Hall–Kier alpha value is -3.38. The van der Waals surface area contributed by atoms with Gasteiger partial charge >= 0.3 is 0 Å². The van der Waals surface area contributed by atoms with Gasteiger partial charge < -0.3 is 9.64 Å². The Morgan fingerprint density at radius 3 is 1.79 bits per heavy atom. The summed E-state index contributed by atoms with van der Waals surface area (Å²) >= 11 is 3.51.